The summed E-state index contributed by atoms with van der Waals surface area (Å²) in [6, 6.07) is 16.4. The van der Waals surface area contributed by atoms with Crippen LogP contribution in [0.5, 0.6) is 0 Å². The lowest BCUT2D eigenvalue weighted by molar-refractivity contribution is -0.125. The van der Waals surface area contributed by atoms with Crippen LogP contribution in [-0.2, 0) is 21.1 Å². The van der Waals surface area contributed by atoms with E-state index in [0.717, 1.165) is 11.1 Å². The Bertz CT molecular complexity index is 775. The Morgan fingerprint density at radius 3 is 2.08 bits per heavy atom. The third kappa shape index (κ3) is 4.78. The Labute approximate surface area is 144 Å². The Balaban J connectivity index is 2.27. The third-order valence-electron chi connectivity index (χ3n) is 4.10. The van der Waals surface area contributed by atoms with Crippen molar-refractivity contribution in [2.45, 2.75) is 32.1 Å². The van der Waals surface area contributed by atoms with E-state index in [4.69, 9.17) is 0 Å². The number of hydrogen-bond acceptors (Lipinski definition) is 3. The molecule has 0 aliphatic heterocycles. The maximum absolute atomic E-state index is 12.7. The highest BCUT2D eigenvalue weighted by Crippen LogP contribution is 2.21. The van der Waals surface area contributed by atoms with Gasteiger partial charge in [-0.1, -0.05) is 61.9 Å². The highest BCUT2D eigenvalue weighted by atomic mass is 32.2. The Morgan fingerprint density at radius 1 is 0.958 bits per heavy atom. The first kappa shape index (κ1) is 18.4. The lowest BCUT2D eigenvalue weighted by atomic mass is 9.91. The van der Waals surface area contributed by atoms with E-state index in [9.17, 15) is 13.2 Å². The molecule has 0 amide bonds. The number of carbonyl (C=O) groups is 1. The van der Waals surface area contributed by atoms with Gasteiger partial charge in [0.1, 0.15) is 5.78 Å². The molecule has 0 fully saturated rings. The number of ketones is 1. The summed E-state index contributed by atoms with van der Waals surface area (Å²) in [7, 11) is -3.50. The second-order valence-corrected chi connectivity index (χ2v) is 8.57. The topological polar surface area (TPSA) is 51.2 Å². The summed E-state index contributed by atoms with van der Waals surface area (Å²) in [5, 5.41) is 0. The zero-order valence-corrected chi connectivity index (χ0v) is 15.2. The van der Waals surface area contributed by atoms with Crippen molar-refractivity contribution in [2.24, 2.45) is 11.8 Å². The Morgan fingerprint density at radius 2 is 1.54 bits per heavy atom. The minimum absolute atomic E-state index is 0.00506. The summed E-state index contributed by atoms with van der Waals surface area (Å²) < 4.78 is 25.4. The maximum atomic E-state index is 12.7. The van der Waals surface area contributed by atoms with E-state index < -0.39 is 15.8 Å². The third-order valence-corrected chi connectivity index (χ3v) is 5.93. The zero-order chi connectivity index (χ0) is 17.7. The van der Waals surface area contributed by atoms with Crippen molar-refractivity contribution in [3.8, 4) is 0 Å². The summed E-state index contributed by atoms with van der Waals surface area (Å²) >= 11 is 0. The molecular weight excluding hydrogens is 320 g/mol. The molecule has 2 aromatic rings. The van der Waals surface area contributed by atoms with Gasteiger partial charge in [0.25, 0.3) is 0 Å². The van der Waals surface area contributed by atoms with Crippen molar-refractivity contribution in [3.05, 3.63) is 65.7 Å². The van der Waals surface area contributed by atoms with E-state index in [1.54, 1.807) is 24.3 Å². The van der Waals surface area contributed by atoms with E-state index in [0.29, 0.717) is 6.42 Å². The van der Waals surface area contributed by atoms with Crippen LogP contribution in [0.1, 0.15) is 25.0 Å². The van der Waals surface area contributed by atoms with Crippen LogP contribution in [0.25, 0.3) is 0 Å². The van der Waals surface area contributed by atoms with Crippen molar-refractivity contribution >= 4 is 15.6 Å². The molecule has 1 unspecified atom stereocenters. The molecule has 1 atom stereocenters. The van der Waals surface area contributed by atoms with Crippen molar-refractivity contribution < 1.29 is 13.2 Å². The number of hydrogen-bond donors (Lipinski definition) is 0. The fourth-order valence-electron chi connectivity index (χ4n) is 2.72. The van der Waals surface area contributed by atoms with Gasteiger partial charge in [-0.3, -0.25) is 4.79 Å². The van der Waals surface area contributed by atoms with Gasteiger partial charge in [0, 0.05) is 11.8 Å². The predicted octanol–water partition coefficient (Wildman–Crippen LogP) is 3.85. The lowest BCUT2D eigenvalue weighted by Crippen LogP contribution is -2.29. The summed E-state index contributed by atoms with van der Waals surface area (Å²) in [5.74, 6) is -0.873. The first-order valence-electron chi connectivity index (χ1n) is 8.16. The molecule has 0 N–H and O–H groups in total. The number of benzene rings is 2. The molecule has 0 heterocycles. The highest BCUT2D eigenvalue weighted by molar-refractivity contribution is 7.91. The van der Waals surface area contributed by atoms with Gasteiger partial charge in [0.05, 0.1) is 10.6 Å². The van der Waals surface area contributed by atoms with Gasteiger partial charge in [0.2, 0.25) is 0 Å². The Hall–Kier alpha value is -1.94. The van der Waals surface area contributed by atoms with Crippen molar-refractivity contribution in [2.75, 3.05) is 5.75 Å². The van der Waals surface area contributed by atoms with Crippen LogP contribution in [-0.4, -0.2) is 20.0 Å². The average molecular weight is 344 g/mol. The molecule has 0 spiro atoms. The van der Waals surface area contributed by atoms with E-state index in [-0.39, 0.29) is 22.3 Å². The fraction of sp³-hybridized carbons (Fsp3) is 0.350. The van der Waals surface area contributed by atoms with Crippen LogP contribution in [0.2, 0.25) is 0 Å². The van der Waals surface area contributed by atoms with Crippen LogP contribution in [0.3, 0.4) is 0 Å². The molecule has 0 saturated carbocycles. The number of carbonyl (C=O) groups excluding carboxylic acids is 1. The highest BCUT2D eigenvalue weighted by Gasteiger charge is 2.28. The van der Waals surface area contributed by atoms with E-state index >= 15 is 0 Å². The lowest BCUT2D eigenvalue weighted by Gasteiger charge is -2.18. The predicted molar refractivity (Wildman–Crippen MR) is 96.7 cm³/mol. The van der Waals surface area contributed by atoms with Crippen LogP contribution in [0.4, 0.5) is 0 Å². The Kier molecular flexibility index (Phi) is 5.94. The van der Waals surface area contributed by atoms with Crippen LogP contribution in [0.15, 0.2) is 59.5 Å². The second kappa shape index (κ2) is 7.75. The summed E-state index contributed by atoms with van der Waals surface area (Å²) in [4.78, 5) is 12.8. The summed E-state index contributed by atoms with van der Waals surface area (Å²) in [6.07, 6.45) is 0.447. The van der Waals surface area contributed by atoms with Crippen molar-refractivity contribution in [3.63, 3.8) is 0 Å². The van der Waals surface area contributed by atoms with Gasteiger partial charge in [0.15, 0.2) is 9.84 Å². The number of Topliss-reactive ketones (excluding diaryl/α,β-unsaturated/α-hetero) is 1. The van der Waals surface area contributed by atoms with Crippen LogP contribution >= 0.6 is 0 Å². The molecule has 4 heteroatoms. The minimum Gasteiger partial charge on any atom is -0.299 e. The monoisotopic (exact) mass is 344 g/mol. The molecule has 3 nitrogen and oxygen atoms in total. The summed E-state index contributed by atoms with van der Waals surface area (Å²) in [5.41, 5.74) is 1.99. The van der Waals surface area contributed by atoms with Gasteiger partial charge < -0.3 is 0 Å². The maximum Gasteiger partial charge on any atom is 0.179 e. The second-order valence-electron chi connectivity index (χ2n) is 6.54. The van der Waals surface area contributed by atoms with E-state index in [1.165, 1.54) is 0 Å². The molecule has 0 radical (unpaired) electrons. The first-order chi connectivity index (χ1) is 11.3. The first-order valence-corrected chi connectivity index (χ1v) is 9.82. The SMILES string of the molecule is Cc1ccc(S(=O)(=O)CC(Cc2ccccc2)C(=O)C(C)C)cc1. The molecule has 24 heavy (non-hydrogen) atoms. The quantitative estimate of drug-likeness (QED) is 0.766. The molecule has 128 valence electrons. The molecule has 0 aromatic heterocycles. The number of rotatable bonds is 7. The average Bonchev–Trinajstić information content (AvgIpc) is 2.54. The minimum atomic E-state index is -3.50. The molecule has 2 aromatic carbocycles. The standard InChI is InChI=1S/C20H24O3S/c1-15(2)20(21)18(13-17-7-5-4-6-8-17)14-24(22,23)19-11-9-16(3)10-12-19/h4-12,15,18H,13-14H2,1-3H3. The molecule has 2 rings (SSSR count). The molecule has 0 aliphatic rings. The summed E-state index contributed by atoms with van der Waals surface area (Å²) in [6.45, 7) is 5.55. The van der Waals surface area contributed by atoms with Gasteiger partial charge in [-0.2, -0.15) is 0 Å². The van der Waals surface area contributed by atoms with Gasteiger partial charge in [-0.25, -0.2) is 8.42 Å². The fourth-order valence-corrected chi connectivity index (χ4v) is 4.27. The van der Waals surface area contributed by atoms with Gasteiger partial charge in [-0.05, 0) is 31.0 Å². The van der Waals surface area contributed by atoms with Gasteiger partial charge in [-0.15, -0.1) is 0 Å². The van der Waals surface area contributed by atoms with Crippen molar-refractivity contribution in [1.82, 2.24) is 0 Å². The smallest absolute Gasteiger partial charge is 0.179 e. The van der Waals surface area contributed by atoms with Crippen LogP contribution < -0.4 is 0 Å². The molecule has 0 bridgehead atoms. The van der Waals surface area contributed by atoms with E-state index in [1.807, 2.05) is 51.1 Å². The number of aryl methyl sites for hydroxylation is 1. The molecule has 0 saturated heterocycles. The van der Waals surface area contributed by atoms with Crippen molar-refractivity contribution in [1.29, 1.82) is 0 Å². The zero-order valence-electron chi connectivity index (χ0n) is 14.4. The molecular formula is C20H24O3S. The van der Waals surface area contributed by atoms with Crippen LogP contribution in [0, 0.1) is 18.8 Å². The van der Waals surface area contributed by atoms with E-state index in [2.05, 4.69) is 0 Å². The normalized spacial score (nSPS) is 13.0. The largest absolute Gasteiger partial charge is 0.299 e. The molecule has 0 aliphatic carbocycles. The number of sulfone groups is 1. The van der Waals surface area contributed by atoms with Gasteiger partial charge >= 0.3 is 0 Å².